The van der Waals surface area contributed by atoms with E-state index >= 15 is 0 Å². The molecule has 3 aliphatic rings. The zero-order chi connectivity index (χ0) is 25.3. The Morgan fingerprint density at radius 1 is 1.32 bits per heavy atom. The second kappa shape index (κ2) is 10.2. The third-order valence-electron chi connectivity index (χ3n) is 7.21. The van der Waals surface area contributed by atoms with Crippen LogP contribution < -0.4 is 5.32 Å². The van der Waals surface area contributed by atoms with Crippen LogP contribution in [-0.2, 0) is 9.59 Å². The summed E-state index contributed by atoms with van der Waals surface area (Å²) < 4.78 is 31.7. The van der Waals surface area contributed by atoms with Crippen LogP contribution in [0.4, 0.5) is 13.2 Å². The number of aryl methyl sites for hydroxylation is 1. The fourth-order valence-corrected chi connectivity index (χ4v) is 5.89. The molecular weight excluding hydrogens is 473 g/mol. The maximum Gasteiger partial charge on any atom is 0.490 e. The Morgan fingerprint density at radius 3 is 2.44 bits per heavy atom. The summed E-state index contributed by atoms with van der Waals surface area (Å²) in [6.45, 7) is 10.8. The molecule has 0 saturated carbocycles. The van der Waals surface area contributed by atoms with E-state index in [1.807, 2.05) is 11.8 Å². The lowest BCUT2D eigenvalue weighted by Gasteiger charge is -2.42. The number of rotatable bonds is 4. The third-order valence-corrected chi connectivity index (χ3v) is 8.12. The second-order valence-corrected chi connectivity index (χ2v) is 10.3. The van der Waals surface area contributed by atoms with Crippen molar-refractivity contribution in [1.29, 1.82) is 0 Å². The van der Waals surface area contributed by atoms with Gasteiger partial charge in [0.15, 0.2) is 0 Å². The molecule has 0 aromatic carbocycles. The number of aromatic nitrogens is 1. The Hall–Kier alpha value is -2.21. The molecule has 2 N–H and O–H groups in total. The number of hydrogen-bond donors (Lipinski definition) is 2. The molecule has 1 unspecified atom stereocenters. The van der Waals surface area contributed by atoms with Gasteiger partial charge in [-0.25, -0.2) is 9.78 Å². The van der Waals surface area contributed by atoms with Crippen molar-refractivity contribution in [2.75, 3.05) is 32.7 Å². The van der Waals surface area contributed by atoms with Crippen LogP contribution in [-0.4, -0.2) is 82.1 Å². The Kier molecular flexibility index (Phi) is 7.91. The normalized spacial score (nSPS) is 24.9. The number of nitrogens with one attached hydrogen (secondary N) is 1. The maximum absolute atomic E-state index is 12.8. The molecule has 2 amide bonds. The van der Waals surface area contributed by atoms with Gasteiger partial charge < -0.3 is 20.2 Å². The lowest BCUT2D eigenvalue weighted by molar-refractivity contribution is -0.192. The summed E-state index contributed by atoms with van der Waals surface area (Å²) in [5.41, 5.74) is 2.43. The van der Waals surface area contributed by atoms with Crippen molar-refractivity contribution < 1.29 is 32.7 Å². The fourth-order valence-electron chi connectivity index (χ4n) is 5.12. The molecule has 3 fully saturated rings. The number of halogens is 3. The molecule has 4 rings (SSSR count). The van der Waals surface area contributed by atoms with Gasteiger partial charge in [-0.3, -0.25) is 9.59 Å². The number of amides is 2. The highest BCUT2D eigenvalue weighted by atomic mass is 32.1. The van der Waals surface area contributed by atoms with Crippen molar-refractivity contribution in [3.63, 3.8) is 0 Å². The minimum atomic E-state index is -5.08. The molecule has 0 aliphatic carbocycles. The van der Waals surface area contributed by atoms with Gasteiger partial charge in [0, 0.05) is 44.2 Å². The fraction of sp³-hybridized carbons (Fsp3) is 0.727. The zero-order valence-electron chi connectivity index (χ0n) is 19.5. The van der Waals surface area contributed by atoms with E-state index in [-0.39, 0.29) is 23.3 Å². The molecule has 0 radical (unpaired) electrons. The number of aliphatic carboxylic acids is 1. The van der Waals surface area contributed by atoms with Crippen LogP contribution in [0.3, 0.4) is 0 Å². The van der Waals surface area contributed by atoms with Gasteiger partial charge in [0.2, 0.25) is 5.91 Å². The Labute approximate surface area is 200 Å². The van der Waals surface area contributed by atoms with Crippen LogP contribution >= 0.6 is 11.3 Å². The van der Waals surface area contributed by atoms with Crippen LogP contribution in [0, 0.1) is 24.7 Å². The first-order valence-corrected chi connectivity index (χ1v) is 12.3. The van der Waals surface area contributed by atoms with Crippen molar-refractivity contribution >= 4 is 29.1 Å². The monoisotopic (exact) mass is 504 g/mol. The van der Waals surface area contributed by atoms with Crippen LogP contribution in [0.25, 0.3) is 0 Å². The Balaban J connectivity index is 0.000000406. The first-order valence-electron chi connectivity index (χ1n) is 11.4. The van der Waals surface area contributed by atoms with Gasteiger partial charge in [-0.15, -0.1) is 11.3 Å². The molecule has 8 nitrogen and oxygen atoms in total. The zero-order valence-corrected chi connectivity index (χ0v) is 20.3. The van der Waals surface area contributed by atoms with E-state index in [2.05, 4.69) is 29.0 Å². The molecule has 1 aromatic heterocycles. The Bertz CT molecular complexity index is 914. The molecule has 12 heteroatoms. The van der Waals surface area contributed by atoms with Crippen LogP contribution in [0.1, 0.15) is 48.5 Å². The van der Waals surface area contributed by atoms with Crippen molar-refractivity contribution in [2.45, 2.75) is 51.7 Å². The molecular formula is C22H31F3N4O4S. The summed E-state index contributed by atoms with van der Waals surface area (Å²) in [4.78, 5) is 43.7. The number of nitrogens with zero attached hydrogens (tertiary/aromatic N) is 3. The quantitative estimate of drug-likeness (QED) is 0.654. The van der Waals surface area contributed by atoms with Gasteiger partial charge in [-0.05, 0) is 25.7 Å². The molecule has 190 valence electrons. The predicted molar refractivity (Wildman–Crippen MR) is 119 cm³/mol. The maximum atomic E-state index is 12.8. The third kappa shape index (κ3) is 5.54. The number of carbonyl (C=O) groups is 3. The van der Waals surface area contributed by atoms with Crippen molar-refractivity contribution in [1.82, 2.24) is 20.1 Å². The largest absolute Gasteiger partial charge is 0.490 e. The van der Waals surface area contributed by atoms with E-state index in [9.17, 15) is 22.8 Å². The van der Waals surface area contributed by atoms with E-state index in [1.165, 1.54) is 17.8 Å². The summed E-state index contributed by atoms with van der Waals surface area (Å²) in [6.07, 6.45) is -2.18. The topological polar surface area (TPSA) is 103 Å². The smallest absolute Gasteiger partial charge is 0.475 e. The number of carboxylic acid groups (broad SMARTS) is 1. The number of thiazole rings is 1. The molecule has 1 spiro atoms. The molecule has 3 saturated heterocycles. The number of hydrogen-bond acceptors (Lipinski definition) is 6. The second-order valence-electron chi connectivity index (χ2n) is 9.45. The van der Waals surface area contributed by atoms with E-state index in [1.54, 1.807) is 5.51 Å². The van der Waals surface area contributed by atoms with Crippen LogP contribution in [0.2, 0.25) is 0 Å². The van der Waals surface area contributed by atoms with E-state index < -0.39 is 12.1 Å². The average Bonchev–Trinajstić information content (AvgIpc) is 3.45. The number of fused-ring (bicyclic) bond motifs is 2. The summed E-state index contributed by atoms with van der Waals surface area (Å²) in [5.74, 6) is -1.26. The Morgan fingerprint density at radius 2 is 1.94 bits per heavy atom. The number of piperidine rings is 1. The molecule has 1 aromatic rings. The number of likely N-dealkylation sites (tertiary alicyclic amines) is 2. The average molecular weight is 505 g/mol. The molecule has 34 heavy (non-hydrogen) atoms. The van der Waals surface area contributed by atoms with Crippen LogP contribution in [0.15, 0.2) is 5.51 Å². The first kappa shape index (κ1) is 26.4. The standard InChI is InChI=1S/C20H30N4O2S.C2HF3O2/c1-4-13(2)9-23-10-15-16(11-23)20(22-18(15)25)5-7-24(8-6-20)19(26)17-14(3)21-12-27-17;3-2(4,5)1(6)7/h12-13,15-16H,4-11H2,1-3H3,(H,22,25);(H,6,7)/t13?,15-,16+;/m1./s1. The summed E-state index contributed by atoms with van der Waals surface area (Å²) in [5, 5.41) is 10.5. The molecule has 0 bridgehead atoms. The highest BCUT2D eigenvalue weighted by Crippen LogP contribution is 2.44. The van der Waals surface area contributed by atoms with Gasteiger partial charge in [-0.1, -0.05) is 20.3 Å². The van der Waals surface area contributed by atoms with Crippen molar-refractivity contribution in [3.05, 3.63) is 16.1 Å². The number of carbonyl (C=O) groups excluding carboxylic acids is 2. The first-order chi connectivity index (χ1) is 15.9. The van der Waals surface area contributed by atoms with Gasteiger partial charge >= 0.3 is 12.1 Å². The van der Waals surface area contributed by atoms with Gasteiger partial charge in [0.25, 0.3) is 5.91 Å². The van der Waals surface area contributed by atoms with Crippen LogP contribution in [0.5, 0.6) is 0 Å². The van der Waals surface area contributed by atoms with E-state index in [0.717, 1.165) is 43.0 Å². The van der Waals surface area contributed by atoms with Gasteiger partial charge in [0.05, 0.1) is 17.1 Å². The van der Waals surface area contributed by atoms with Gasteiger partial charge in [0.1, 0.15) is 4.88 Å². The highest BCUT2D eigenvalue weighted by Gasteiger charge is 2.57. The number of alkyl halides is 3. The SMILES string of the molecule is CCC(C)CN1C[C@H]2C(=O)NC3(CCN(C(=O)c4scnc4C)CC3)[C@H]2C1.O=C(O)C(F)(F)F. The van der Waals surface area contributed by atoms with E-state index in [4.69, 9.17) is 9.90 Å². The molecule has 3 atom stereocenters. The number of carboxylic acids is 1. The van der Waals surface area contributed by atoms with Crippen molar-refractivity contribution in [3.8, 4) is 0 Å². The lowest BCUT2D eigenvalue weighted by atomic mass is 9.75. The minimum Gasteiger partial charge on any atom is -0.475 e. The van der Waals surface area contributed by atoms with Gasteiger partial charge in [-0.2, -0.15) is 13.2 Å². The lowest BCUT2D eigenvalue weighted by Crippen LogP contribution is -2.56. The molecule has 4 heterocycles. The van der Waals surface area contributed by atoms with Crippen molar-refractivity contribution in [2.24, 2.45) is 17.8 Å². The van der Waals surface area contributed by atoms with E-state index in [0.29, 0.717) is 24.9 Å². The predicted octanol–water partition coefficient (Wildman–Crippen LogP) is 2.78. The summed E-state index contributed by atoms with van der Waals surface area (Å²) >= 11 is 1.42. The molecule has 3 aliphatic heterocycles. The summed E-state index contributed by atoms with van der Waals surface area (Å²) in [6, 6.07) is 0. The summed E-state index contributed by atoms with van der Waals surface area (Å²) in [7, 11) is 0. The minimum absolute atomic E-state index is 0.0931. The highest BCUT2D eigenvalue weighted by molar-refractivity contribution is 7.11.